The molecule has 8 aromatic carbocycles. The summed E-state index contributed by atoms with van der Waals surface area (Å²) in [5, 5.41) is 0. The Bertz CT molecular complexity index is 3900. The molecule has 0 bridgehead atoms. The van der Waals surface area contributed by atoms with Gasteiger partial charge in [-0.05, 0) is 111 Å². The van der Waals surface area contributed by atoms with Crippen molar-refractivity contribution in [3.05, 3.63) is 285 Å². The van der Waals surface area contributed by atoms with Gasteiger partial charge < -0.3 is 72.1 Å². The van der Waals surface area contributed by atoms with Crippen molar-refractivity contribution in [2.24, 2.45) is 0 Å². The molecule has 8 rings (SSSR count). The zero-order valence-electron chi connectivity index (χ0n) is 68.6. The SMILES string of the molecule is CCCOC(C(=O)c1ccccc1CC[Si](OC)(OC)OC)c1ccccc1.CCCOC(C(=O)c1ccccc1CC[Si](OCC)(OCC)OCC)c1ccccc1.CCOC(C(=O)c1ccccc1CC[Si](OC)(OC)OC)c1ccccc1.COC(C(=O)c1ccccc1CC[Si](OC)(OC)OC)c1ccccc1. The van der Waals surface area contributed by atoms with Gasteiger partial charge in [-0.25, -0.2) is 0 Å². The third-order valence-electron chi connectivity index (χ3n) is 18.7. The van der Waals surface area contributed by atoms with Crippen LogP contribution in [0.25, 0.3) is 0 Å². The zero-order chi connectivity index (χ0) is 81.6. The highest BCUT2D eigenvalue weighted by Crippen LogP contribution is 2.32. The highest BCUT2D eigenvalue weighted by atomic mass is 28.4. The van der Waals surface area contributed by atoms with E-state index < -0.39 is 59.6 Å². The lowest BCUT2D eigenvalue weighted by Gasteiger charge is -2.28. The van der Waals surface area contributed by atoms with Gasteiger partial charge in [-0.15, -0.1) is 0 Å². The number of carbonyl (C=O) groups is 4. The lowest BCUT2D eigenvalue weighted by molar-refractivity contribution is 0.0404. The molecule has 0 fully saturated rings. The number of aryl methyl sites for hydroxylation is 4. The molecule has 0 N–H and O–H groups in total. The van der Waals surface area contributed by atoms with Gasteiger partial charge in [0.2, 0.25) is 0 Å². The second kappa shape index (κ2) is 52.2. The number of carbonyl (C=O) groups excluding carboxylic acids is 4. The van der Waals surface area contributed by atoms with Crippen LogP contribution in [0.4, 0.5) is 0 Å². The summed E-state index contributed by atoms with van der Waals surface area (Å²) in [6.07, 6.45) is 1.73. The van der Waals surface area contributed by atoms with Crippen LogP contribution < -0.4 is 0 Å². The van der Waals surface area contributed by atoms with E-state index in [1.165, 1.54) is 0 Å². The van der Waals surface area contributed by atoms with Gasteiger partial charge in [0, 0.05) is 157 Å². The number of benzene rings is 8. The second-order valence-electron chi connectivity index (χ2n) is 25.5. The fraction of sp³-hybridized carbons (Fsp3) is 0.409. The summed E-state index contributed by atoms with van der Waals surface area (Å²) in [5.41, 5.74) is 9.85. The molecular weight excluding hydrogens is 1490 g/mol. The Balaban J connectivity index is 0.000000268. The Morgan fingerprint density at radius 2 is 0.473 bits per heavy atom. The van der Waals surface area contributed by atoms with Gasteiger partial charge >= 0.3 is 35.2 Å². The monoisotopic (exact) mass is 1610 g/mol. The molecule has 0 aromatic heterocycles. The van der Waals surface area contributed by atoms with Crippen molar-refractivity contribution in [2.45, 2.75) is 129 Å². The van der Waals surface area contributed by atoms with Crippen LogP contribution in [0, 0.1) is 0 Å². The Labute approximate surface area is 670 Å². The third-order valence-corrected chi connectivity index (χ3v) is 30.0. The normalized spacial score (nSPS) is 12.7. The molecule has 4 unspecified atom stereocenters. The van der Waals surface area contributed by atoms with E-state index in [-0.39, 0.29) is 23.1 Å². The molecule has 20 nitrogen and oxygen atoms in total. The molecule has 0 amide bonds. The Morgan fingerprint density at radius 1 is 0.259 bits per heavy atom. The Morgan fingerprint density at radius 3 is 0.696 bits per heavy atom. The Kier molecular flexibility index (Phi) is 44.4. The van der Waals surface area contributed by atoms with Gasteiger partial charge in [0.1, 0.15) is 24.4 Å². The minimum absolute atomic E-state index is 0.0215. The maximum atomic E-state index is 13.6. The van der Waals surface area contributed by atoms with Gasteiger partial charge in [-0.2, -0.15) is 0 Å². The molecule has 8 aromatic rings. The predicted molar refractivity (Wildman–Crippen MR) is 446 cm³/mol. The highest BCUT2D eigenvalue weighted by Gasteiger charge is 2.42. The number of hydrogen-bond acceptors (Lipinski definition) is 20. The molecule has 0 spiro atoms. The number of rotatable bonds is 48. The van der Waals surface area contributed by atoms with Crippen LogP contribution in [0.1, 0.15) is 165 Å². The fourth-order valence-corrected chi connectivity index (χ4v) is 20.5. The smallest absolute Gasteiger partial charge is 0.377 e. The average molecular weight is 1610 g/mol. The van der Waals surface area contributed by atoms with Gasteiger partial charge in [0.15, 0.2) is 23.1 Å². The third kappa shape index (κ3) is 28.6. The number of ether oxygens (including phenoxy) is 4. The van der Waals surface area contributed by atoms with Crippen LogP contribution in [-0.2, 0) is 97.7 Å². The summed E-state index contributed by atoms with van der Waals surface area (Å²) in [7, 11) is 4.99. The summed E-state index contributed by atoms with van der Waals surface area (Å²) in [4.78, 5) is 53.4. The van der Waals surface area contributed by atoms with Crippen molar-refractivity contribution >= 4 is 58.4 Å². The first-order valence-corrected chi connectivity index (χ1v) is 46.1. The van der Waals surface area contributed by atoms with Crippen LogP contribution >= 0.6 is 0 Å². The molecule has 4 atom stereocenters. The maximum Gasteiger partial charge on any atom is 0.501 e. The van der Waals surface area contributed by atoms with Gasteiger partial charge in [-0.1, -0.05) is 232 Å². The number of Topliss-reactive ketones (excluding diaryl/α,β-unsaturated/α-hetero) is 4. The lowest BCUT2D eigenvalue weighted by atomic mass is 9.95. The quantitative estimate of drug-likeness (QED) is 0.0256. The van der Waals surface area contributed by atoms with Crippen molar-refractivity contribution in [1.29, 1.82) is 0 Å². The van der Waals surface area contributed by atoms with Gasteiger partial charge in [-0.3, -0.25) is 19.2 Å². The van der Waals surface area contributed by atoms with Crippen molar-refractivity contribution < 1.29 is 91.2 Å². The van der Waals surface area contributed by atoms with Gasteiger partial charge in [0.05, 0.1) is 0 Å². The van der Waals surface area contributed by atoms with E-state index in [1.54, 1.807) is 71.1 Å². The van der Waals surface area contributed by atoms with Crippen molar-refractivity contribution in [3.63, 3.8) is 0 Å². The molecule has 608 valence electrons. The predicted octanol–water partition coefficient (Wildman–Crippen LogP) is 17.8. The number of hydrogen-bond donors (Lipinski definition) is 0. The van der Waals surface area contributed by atoms with Crippen LogP contribution in [-0.4, -0.2) is 169 Å². The average Bonchev–Trinajstić information content (AvgIpc) is 0.822. The van der Waals surface area contributed by atoms with Crippen LogP contribution in [0.5, 0.6) is 0 Å². The maximum absolute atomic E-state index is 13.6. The Hall–Kier alpha value is -7.33. The van der Waals surface area contributed by atoms with Gasteiger partial charge in [0.25, 0.3) is 0 Å². The summed E-state index contributed by atoms with van der Waals surface area (Å²) in [5.74, 6) is -0.159. The summed E-state index contributed by atoms with van der Waals surface area (Å²) in [6, 6.07) is 71.4. The van der Waals surface area contributed by atoms with E-state index in [9.17, 15) is 19.2 Å². The first kappa shape index (κ1) is 95.3. The number of methoxy groups -OCH3 is 1. The molecule has 0 saturated heterocycles. The molecule has 112 heavy (non-hydrogen) atoms. The van der Waals surface area contributed by atoms with Crippen LogP contribution in [0.3, 0.4) is 0 Å². The highest BCUT2D eigenvalue weighted by molar-refractivity contribution is 6.61. The minimum Gasteiger partial charge on any atom is -0.377 e. The molecular formula is C88H120O20Si4. The van der Waals surface area contributed by atoms with Crippen LogP contribution in [0.2, 0.25) is 24.2 Å². The fourth-order valence-electron chi connectivity index (χ4n) is 12.8. The largest absolute Gasteiger partial charge is 0.501 e. The molecule has 0 aliphatic heterocycles. The second-order valence-corrected chi connectivity index (χ2v) is 37.6. The molecule has 0 aliphatic rings. The minimum atomic E-state index is -2.79. The topological polar surface area (TPSA) is 216 Å². The zero-order valence-corrected chi connectivity index (χ0v) is 72.6. The molecule has 0 aliphatic carbocycles. The van der Waals surface area contributed by atoms with E-state index in [1.807, 2.05) is 260 Å². The van der Waals surface area contributed by atoms with Crippen molar-refractivity contribution in [3.8, 4) is 0 Å². The molecule has 0 heterocycles. The first-order chi connectivity index (χ1) is 54.4. The van der Waals surface area contributed by atoms with E-state index in [0.717, 1.165) is 57.3 Å². The first-order valence-electron chi connectivity index (χ1n) is 38.4. The van der Waals surface area contributed by atoms with E-state index >= 15 is 0 Å². The summed E-state index contributed by atoms with van der Waals surface area (Å²) >= 11 is 0. The van der Waals surface area contributed by atoms with Crippen LogP contribution in [0.15, 0.2) is 218 Å². The van der Waals surface area contributed by atoms with E-state index in [0.29, 0.717) is 112 Å². The van der Waals surface area contributed by atoms with E-state index in [2.05, 4.69) is 0 Å². The summed E-state index contributed by atoms with van der Waals surface area (Å²) in [6.45, 7) is 14.9. The number of ketones is 4. The standard InChI is InChI=1S/C25H36O5Si.C22H30O5Si.C21H28O5Si.C20H26O5Si/c1-5-19-27-25(22-15-10-9-11-16-22)24(26)23-17-13-12-14-21(23)18-20-31(28-6-2,29-7-3)30-8-4;1-5-16-27-22(19-12-7-6-8-13-19)21(23)20-14-10-9-11-18(20)15-17-28(24-2,25-3)26-4;1-5-26-21(18-12-7-6-8-13-18)20(22)19-14-10-9-11-17(19)15-16-27(23-2,24-3)25-4;1-22-20(17-11-6-5-7-12-17)19(21)18-13-9-8-10-16(18)14-15-26(23-2,24-3)25-4/h9-17,25H,5-8,18-20H2,1-4H3;6-14,22H,5,15-17H2,1-4H3;6-14,21H,5,15-16H2,1-4H3;5-13,20H,14-15H2,1-4H3. The van der Waals surface area contributed by atoms with Crippen molar-refractivity contribution in [1.82, 2.24) is 0 Å². The lowest BCUT2D eigenvalue weighted by Crippen LogP contribution is -2.46. The molecule has 0 saturated carbocycles. The van der Waals surface area contributed by atoms with E-state index in [4.69, 9.17) is 72.1 Å². The molecule has 0 radical (unpaired) electrons. The summed E-state index contributed by atoms with van der Waals surface area (Å²) < 4.78 is 90.7. The van der Waals surface area contributed by atoms with Crippen molar-refractivity contribution in [2.75, 3.05) is 111 Å². The molecule has 24 heteroatoms.